The summed E-state index contributed by atoms with van der Waals surface area (Å²) in [4.78, 5) is 0. The number of hydrogen-bond acceptors (Lipinski definition) is 7. The zero-order valence-electron chi connectivity index (χ0n) is 12.4. The van der Waals surface area contributed by atoms with E-state index in [0.29, 0.717) is 34.5 Å². The van der Waals surface area contributed by atoms with Crippen LogP contribution in [0.25, 0.3) is 17.2 Å². The van der Waals surface area contributed by atoms with Gasteiger partial charge < -0.3 is 19.7 Å². The predicted octanol–water partition coefficient (Wildman–Crippen LogP) is 1.83. The number of rotatable bonds is 4. The van der Waals surface area contributed by atoms with Crippen molar-refractivity contribution in [1.82, 2.24) is 19.9 Å². The number of methoxy groups -OCH3 is 2. The van der Waals surface area contributed by atoms with Crippen molar-refractivity contribution in [3.8, 4) is 28.7 Å². The van der Waals surface area contributed by atoms with Crippen LogP contribution in [0, 0.1) is 6.92 Å². The van der Waals surface area contributed by atoms with Crippen molar-refractivity contribution >= 4 is 5.95 Å². The van der Waals surface area contributed by atoms with Gasteiger partial charge in [-0.15, -0.1) is 10.2 Å². The molecule has 114 valence electrons. The molecule has 2 N–H and O–H groups in total. The monoisotopic (exact) mass is 301 g/mol. The van der Waals surface area contributed by atoms with Gasteiger partial charge in [-0.1, -0.05) is 11.2 Å². The summed E-state index contributed by atoms with van der Waals surface area (Å²) in [6.07, 6.45) is 0. The van der Waals surface area contributed by atoms with Gasteiger partial charge in [0.2, 0.25) is 5.95 Å². The van der Waals surface area contributed by atoms with Crippen LogP contribution in [0.2, 0.25) is 0 Å². The van der Waals surface area contributed by atoms with Gasteiger partial charge in [0.1, 0.15) is 22.9 Å². The smallest absolute Gasteiger partial charge is 0.227 e. The van der Waals surface area contributed by atoms with E-state index >= 15 is 0 Å². The van der Waals surface area contributed by atoms with Crippen molar-refractivity contribution in [3.05, 3.63) is 30.0 Å². The van der Waals surface area contributed by atoms with Crippen LogP contribution in [0.1, 0.15) is 5.76 Å². The largest absolute Gasteiger partial charge is 0.494 e. The van der Waals surface area contributed by atoms with E-state index in [1.165, 1.54) is 0 Å². The SMILES string of the molecule is COc1cccc(OC)c1-n1c(N)nnc1-c1cc(C)on1. The molecule has 8 nitrogen and oxygen atoms in total. The quantitative estimate of drug-likeness (QED) is 0.784. The van der Waals surface area contributed by atoms with E-state index in [2.05, 4.69) is 15.4 Å². The molecule has 0 fully saturated rings. The minimum atomic E-state index is 0.193. The summed E-state index contributed by atoms with van der Waals surface area (Å²) < 4.78 is 17.5. The van der Waals surface area contributed by atoms with Gasteiger partial charge >= 0.3 is 0 Å². The number of ether oxygens (including phenoxy) is 2. The van der Waals surface area contributed by atoms with Crippen LogP contribution in [0.5, 0.6) is 11.5 Å². The van der Waals surface area contributed by atoms with Gasteiger partial charge in [-0.25, -0.2) is 0 Å². The Morgan fingerprint density at radius 3 is 2.36 bits per heavy atom. The van der Waals surface area contributed by atoms with Crippen LogP contribution in [-0.2, 0) is 0 Å². The minimum absolute atomic E-state index is 0.193. The number of nitrogen functional groups attached to an aromatic ring is 1. The molecule has 0 bridgehead atoms. The lowest BCUT2D eigenvalue weighted by Crippen LogP contribution is -2.06. The van der Waals surface area contributed by atoms with Crippen LogP contribution in [-0.4, -0.2) is 34.1 Å². The number of nitrogens with two attached hydrogens (primary N) is 1. The normalized spacial score (nSPS) is 10.7. The zero-order valence-corrected chi connectivity index (χ0v) is 12.4. The molecule has 0 unspecified atom stereocenters. The summed E-state index contributed by atoms with van der Waals surface area (Å²) in [6.45, 7) is 1.80. The van der Waals surface area contributed by atoms with E-state index in [9.17, 15) is 0 Å². The summed E-state index contributed by atoms with van der Waals surface area (Å²) in [5.74, 6) is 2.45. The maximum Gasteiger partial charge on any atom is 0.227 e. The third-order valence-electron chi connectivity index (χ3n) is 3.17. The van der Waals surface area contributed by atoms with Gasteiger partial charge in [0, 0.05) is 6.07 Å². The molecule has 0 spiro atoms. The molecule has 8 heteroatoms. The minimum Gasteiger partial charge on any atom is -0.494 e. The fourth-order valence-electron chi connectivity index (χ4n) is 2.21. The highest BCUT2D eigenvalue weighted by atomic mass is 16.5. The second kappa shape index (κ2) is 5.40. The summed E-state index contributed by atoms with van der Waals surface area (Å²) in [5, 5.41) is 12.0. The molecule has 0 amide bonds. The number of anilines is 1. The number of aryl methyl sites for hydroxylation is 1. The highest BCUT2D eigenvalue weighted by Crippen LogP contribution is 2.36. The van der Waals surface area contributed by atoms with Gasteiger partial charge in [-0.2, -0.15) is 0 Å². The number of nitrogens with zero attached hydrogens (tertiary/aromatic N) is 4. The molecule has 0 saturated heterocycles. The summed E-state index contributed by atoms with van der Waals surface area (Å²) in [5.41, 5.74) is 7.11. The maximum absolute atomic E-state index is 5.98. The average Bonchev–Trinajstić information content (AvgIpc) is 3.12. The maximum atomic E-state index is 5.98. The summed E-state index contributed by atoms with van der Waals surface area (Å²) in [6, 6.07) is 7.17. The van der Waals surface area contributed by atoms with Crippen LogP contribution in [0.15, 0.2) is 28.8 Å². The molecule has 3 rings (SSSR count). The first-order valence-electron chi connectivity index (χ1n) is 6.51. The van der Waals surface area contributed by atoms with E-state index in [1.807, 2.05) is 6.07 Å². The first-order valence-corrected chi connectivity index (χ1v) is 6.51. The second-order valence-corrected chi connectivity index (χ2v) is 4.55. The van der Waals surface area contributed by atoms with E-state index in [0.717, 1.165) is 0 Å². The lowest BCUT2D eigenvalue weighted by Gasteiger charge is -2.15. The molecule has 2 aromatic heterocycles. The highest BCUT2D eigenvalue weighted by molar-refractivity contribution is 5.65. The Morgan fingerprint density at radius 2 is 1.82 bits per heavy atom. The average molecular weight is 301 g/mol. The Kier molecular flexibility index (Phi) is 3.42. The fourth-order valence-corrected chi connectivity index (χ4v) is 2.21. The van der Waals surface area contributed by atoms with E-state index in [-0.39, 0.29) is 5.95 Å². The van der Waals surface area contributed by atoms with Crippen LogP contribution in [0.4, 0.5) is 5.95 Å². The Hall–Kier alpha value is -3.03. The molecule has 0 aliphatic rings. The predicted molar refractivity (Wildman–Crippen MR) is 79.1 cm³/mol. The van der Waals surface area contributed by atoms with Crippen molar-refractivity contribution in [2.24, 2.45) is 0 Å². The van der Waals surface area contributed by atoms with Gasteiger partial charge in [0.15, 0.2) is 11.5 Å². The number of para-hydroxylation sites is 1. The van der Waals surface area contributed by atoms with Crippen molar-refractivity contribution in [2.45, 2.75) is 6.92 Å². The Balaban J connectivity index is 2.28. The molecule has 0 aliphatic carbocycles. The van der Waals surface area contributed by atoms with E-state index < -0.39 is 0 Å². The molecule has 3 aromatic rings. The van der Waals surface area contributed by atoms with Gasteiger partial charge in [0.05, 0.1) is 14.2 Å². The summed E-state index contributed by atoms with van der Waals surface area (Å²) in [7, 11) is 3.14. The lowest BCUT2D eigenvalue weighted by molar-refractivity contribution is 0.390. The van der Waals surface area contributed by atoms with Gasteiger partial charge in [-0.05, 0) is 19.1 Å². The molecule has 22 heavy (non-hydrogen) atoms. The molecule has 2 heterocycles. The van der Waals surface area contributed by atoms with Crippen molar-refractivity contribution < 1.29 is 14.0 Å². The van der Waals surface area contributed by atoms with Crippen LogP contribution >= 0.6 is 0 Å². The van der Waals surface area contributed by atoms with Crippen molar-refractivity contribution in [1.29, 1.82) is 0 Å². The second-order valence-electron chi connectivity index (χ2n) is 4.55. The topological polar surface area (TPSA) is 101 Å². The Morgan fingerprint density at radius 1 is 1.14 bits per heavy atom. The van der Waals surface area contributed by atoms with E-state index in [1.54, 1.807) is 43.9 Å². The lowest BCUT2D eigenvalue weighted by atomic mass is 10.2. The van der Waals surface area contributed by atoms with Crippen LogP contribution < -0.4 is 15.2 Å². The molecular weight excluding hydrogens is 286 g/mol. The molecule has 0 radical (unpaired) electrons. The van der Waals surface area contributed by atoms with Gasteiger partial charge in [-0.3, -0.25) is 4.57 Å². The highest BCUT2D eigenvalue weighted by Gasteiger charge is 2.22. The van der Waals surface area contributed by atoms with Crippen LogP contribution in [0.3, 0.4) is 0 Å². The number of hydrogen-bond donors (Lipinski definition) is 1. The third-order valence-corrected chi connectivity index (χ3v) is 3.17. The van der Waals surface area contributed by atoms with Gasteiger partial charge in [0.25, 0.3) is 0 Å². The summed E-state index contributed by atoms with van der Waals surface area (Å²) >= 11 is 0. The molecule has 0 aliphatic heterocycles. The van der Waals surface area contributed by atoms with E-state index in [4.69, 9.17) is 19.7 Å². The Bertz CT molecular complexity index is 786. The first-order chi connectivity index (χ1) is 10.7. The molecule has 0 saturated carbocycles. The third kappa shape index (κ3) is 2.14. The zero-order chi connectivity index (χ0) is 15.7. The standard InChI is InChI=1S/C14H15N5O3/c1-8-7-9(18-22-8)13-16-17-14(15)19(13)12-10(20-2)5-4-6-11(12)21-3/h4-7H,1-3H3,(H2,15,17). The fraction of sp³-hybridized carbons (Fsp3) is 0.214. The molecular formula is C14H15N5O3. The Labute approximate surface area is 126 Å². The number of benzene rings is 1. The first kappa shape index (κ1) is 13.9. The molecule has 0 atom stereocenters. The van der Waals surface area contributed by atoms with Crippen molar-refractivity contribution in [2.75, 3.05) is 20.0 Å². The number of aromatic nitrogens is 4. The molecule has 1 aromatic carbocycles. The van der Waals surface area contributed by atoms with Crippen molar-refractivity contribution in [3.63, 3.8) is 0 Å².